The van der Waals surface area contributed by atoms with Crippen LogP contribution in [0.1, 0.15) is 27.2 Å². The van der Waals surface area contributed by atoms with Gasteiger partial charge in [0.15, 0.2) is 0 Å². The molecule has 0 radical (unpaired) electrons. The van der Waals surface area contributed by atoms with E-state index >= 15 is 0 Å². The summed E-state index contributed by atoms with van der Waals surface area (Å²) in [5, 5.41) is 2.90. The van der Waals surface area contributed by atoms with Crippen LogP contribution in [0.3, 0.4) is 0 Å². The lowest BCUT2D eigenvalue weighted by atomic mass is 9.92. The van der Waals surface area contributed by atoms with Crippen LogP contribution >= 0.6 is 0 Å². The number of carbonyl (C=O) groups is 2. The third kappa shape index (κ3) is 3.62. The molecule has 2 heterocycles. The lowest BCUT2D eigenvalue weighted by Crippen LogP contribution is -2.52. The molecule has 0 spiro atoms. The van der Waals surface area contributed by atoms with Crippen molar-refractivity contribution < 1.29 is 14.0 Å². The summed E-state index contributed by atoms with van der Waals surface area (Å²) >= 11 is 0. The van der Waals surface area contributed by atoms with Gasteiger partial charge < -0.3 is 14.6 Å². The Hall–Kier alpha value is -3.34. The molecule has 1 aliphatic heterocycles. The van der Waals surface area contributed by atoms with Crippen LogP contribution in [0.25, 0.3) is 0 Å². The molecule has 0 saturated heterocycles. The maximum absolute atomic E-state index is 13.1. The average molecular weight is 360 g/mol. The molecule has 2 aromatic carbocycles. The summed E-state index contributed by atoms with van der Waals surface area (Å²) in [6.07, 6.45) is 2.07. The van der Waals surface area contributed by atoms with Crippen LogP contribution in [-0.2, 0) is 24.3 Å². The lowest BCUT2D eigenvalue weighted by Gasteiger charge is -2.36. The Morgan fingerprint density at radius 3 is 2.44 bits per heavy atom. The Balaban J connectivity index is 1.59. The number of carbonyl (C=O) groups excluding carboxylic acids is 2. The van der Waals surface area contributed by atoms with Gasteiger partial charge in [0.2, 0.25) is 5.91 Å². The molecule has 1 atom stereocenters. The minimum atomic E-state index is -0.553. The van der Waals surface area contributed by atoms with Crippen molar-refractivity contribution in [3.63, 3.8) is 0 Å². The van der Waals surface area contributed by atoms with Gasteiger partial charge in [-0.25, -0.2) is 0 Å². The molecule has 0 aliphatic carbocycles. The molecular formula is C22H20N2O3. The van der Waals surface area contributed by atoms with Crippen molar-refractivity contribution in [3.8, 4) is 0 Å². The largest absolute Gasteiger partial charge is 0.467 e. The van der Waals surface area contributed by atoms with E-state index in [0.717, 1.165) is 11.1 Å². The molecule has 0 unspecified atom stereocenters. The number of hydrogen-bond acceptors (Lipinski definition) is 3. The zero-order valence-electron chi connectivity index (χ0n) is 14.8. The normalized spacial score (nSPS) is 15.9. The first kappa shape index (κ1) is 17.1. The molecular weight excluding hydrogens is 340 g/mol. The second-order valence-electron chi connectivity index (χ2n) is 6.58. The SMILES string of the molecule is O=C(NCc1ccco1)[C@@H]1Cc2ccccc2CN1C(=O)c1ccccc1. The van der Waals surface area contributed by atoms with Gasteiger partial charge in [0, 0.05) is 18.5 Å². The van der Waals surface area contributed by atoms with Crippen LogP contribution < -0.4 is 5.32 Å². The fourth-order valence-corrected chi connectivity index (χ4v) is 3.42. The quantitative estimate of drug-likeness (QED) is 0.777. The third-order valence-electron chi connectivity index (χ3n) is 4.85. The van der Waals surface area contributed by atoms with Crippen molar-refractivity contribution in [2.24, 2.45) is 0 Å². The van der Waals surface area contributed by atoms with Crippen molar-refractivity contribution >= 4 is 11.8 Å². The van der Waals surface area contributed by atoms with Crippen LogP contribution in [0.15, 0.2) is 77.4 Å². The van der Waals surface area contributed by atoms with Crippen molar-refractivity contribution in [3.05, 3.63) is 95.4 Å². The number of benzene rings is 2. The number of fused-ring (bicyclic) bond motifs is 1. The van der Waals surface area contributed by atoms with Gasteiger partial charge >= 0.3 is 0 Å². The molecule has 1 N–H and O–H groups in total. The maximum Gasteiger partial charge on any atom is 0.254 e. The van der Waals surface area contributed by atoms with Crippen molar-refractivity contribution in [2.75, 3.05) is 0 Å². The summed E-state index contributed by atoms with van der Waals surface area (Å²) in [5.74, 6) is 0.369. The Morgan fingerprint density at radius 1 is 0.963 bits per heavy atom. The fraction of sp³-hybridized carbons (Fsp3) is 0.182. The van der Waals surface area contributed by atoms with Gasteiger partial charge in [-0.3, -0.25) is 9.59 Å². The molecule has 3 aromatic rings. The molecule has 27 heavy (non-hydrogen) atoms. The molecule has 1 aliphatic rings. The van der Waals surface area contributed by atoms with Gasteiger partial charge in [-0.1, -0.05) is 42.5 Å². The van der Waals surface area contributed by atoms with Crippen LogP contribution in [0.5, 0.6) is 0 Å². The number of rotatable bonds is 4. The molecule has 5 heteroatoms. The van der Waals surface area contributed by atoms with Crippen LogP contribution in [0.2, 0.25) is 0 Å². The number of hydrogen-bond donors (Lipinski definition) is 1. The molecule has 0 bridgehead atoms. The van der Waals surface area contributed by atoms with E-state index in [1.54, 1.807) is 29.4 Å². The molecule has 0 saturated carbocycles. The average Bonchev–Trinajstić information content (AvgIpc) is 3.25. The summed E-state index contributed by atoms with van der Waals surface area (Å²) in [6, 6.07) is 20.1. The van der Waals surface area contributed by atoms with E-state index in [-0.39, 0.29) is 11.8 Å². The van der Waals surface area contributed by atoms with Crippen LogP contribution in [0, 0.1) is 0 Å². The topological polar surface area (TPSA) is 62.6 Å². The highest BCUT2D eigenvalue weighted by atomic mass is 16.3. The summed E-state index contributed by atoms with van der Waals surface area (Å²) in [4.78, 5) is 27.6. The van der Waals surface area contributed by atoms with E-state index in [2.05, 4.69) is 5.32 Å². The Morgan fingerprint density at radius 2 is 1.70 bits per heavy atom. The van der Waals surface area contributed by atoms with Gasteiger partial charge in [0.25, 0.3) is 5.91 Å². The molecule has 1 aromatic heterocycles. The predicted octanol–water partition coefficient (Wildman–Crippen LogP) is 3.16. The highest BCUT2D eigenvalue weighted by molar-refractivity contribution is 5.98. The van der Waals surface area contributed by atoms with E-state index in [9.17, 15) is 9.59 Å². The summed E-state index contributed by atoms with van der Waals surface area (Å²) in [7, 11) is 0. The Labute approximate surface area is 157 Å². The molecule has 0 fully saturated rings. The molecule has 4 rings (SSSR count). The molecule has 136 valence electrons. The minimum Gasteiger partial charge on any atom is -0.467 e. The smallest absolute Gasteiger partial charge is 0.254 e. The highest BCUT2D eigenvalue weighted by Crippen LogP contribution is 2.25. The molecule has 5 nitrogen and oxygen atoms in total. The number of nitrogens with zero attached hydrogens (tertiary/aromatic N) is 1. The van der Waals surface area contributed by atoms with Gasteiger partial charge in [-0.2, -0.15) is 0 Å². The van der Waals surface area contributed by atoms with Gasteiger partial charge in [-0.15, -0.1) is 0 Å². The minimum absolute atomic E-state index is 0.136. The predicted molar refractivity (Wildman–Crippen MR) is 101 cm³/mol. The second-order valence-corrected chi connectivity index (χ2v) is 6.58. The number of nitrogens with one attached hydrogen (secondary N) is 1. The lowest BCUT2D eigenvalue weighted by molar-refractivity contribution is -0.126. The van der Waals surface area contributed by atoms with Gasteiger partial charge in [0.05, 0.1) is 12.8 Å². The zero-order valence-corrected chi connectivity index (χ0v) is 14.8. The van der Waals surface area contributed by atoms with E-state index in [0.29, 0.717) is 30.8 Å². The second kappa shape index (κ2) is 7.50. The zero-order chi connectivity index (χ0) is 18.6. The third-order valence-corrected chi connectivity index (χ3v) is 4.85. The number of furan rings is 1. The first-order valence-electron chi connectivity index (χ1n) is 8.95. The van der Waals surface area contributed by atoms with Gasteiger partial charge in [0.1, 0.15) is 11.8 Å². The van der Waals surface area contributed by atoms with Gasteiger partial charge in [-0.05, 0) is 35.4 Å². The van der Waals surface area contributed by atoms with E-state index in [4.69, 9.17) is 4.42 Å². The van der Waals surface area contributed by atoms with E-state index < -0.39 is 6.04 Å². The van der Waals surface area contributed by atoms with Crippen molar-refractivity contribution in [1.82, 2.24) is 10.2 Å². The fourth-order valence-electron chi connectivity index (χ4n) is 3.42. The number of amides is 2. The Kier molecular flexibility index (Phi) is 4.75. The van der Waals surface area contributed by atoms with E-state index in [1.165, 1.54) is 0 Å². The van der Waals surface area contributed by atoms with Crippen molar-refractivity contribution in [2.45, 2.75) is 25.6 Å². The summed E-state index contributed by atoms with van der Waals surface area (Å²) < 4.78 is 5.28. The van der Waals surface area contributed by atoms with Crippen LogP contribution in [0.4, 0.5) is 0 Å². The Bertz CT molecular complexity index is 935. The highest BCUT2D eigenvalue weighted by Gasteiger charge is 2.34. The van der Waals surface area contributed by atoms with Crippen molar-refractivity contribution in [1.29, 1.82) is 0 Å². The first-order chi connectivity index (χ1) is 13.2. The summed E-state index contributed by atoms with van der Waals surface area (Å²) in [5.41, 5.74) is 2.77. The monoisotopic (exact) mass is 360 g/mol. The van der Waals surface area contributed by atoms with Crippen LogP contribution in [-0.4, -0.2) is 22.8 Å². The van der Waals surface area contributed by atoms with E-state index in [1.807, 2.05) is 48.5 Å². The maximum atomic E-state index is 13.1. The summed E-state index contributed by atoms with van der Waals surface area (Å²) in [6.45, 7) is 0.722. The molecule has 2 amide bonds. The standard InChI is InChI=1S/C22H20N2O3/c25-21(23-14-19-11-6-12-27-19)20-13-17-9-4-5-10-18(17)15-24(20)22(26)16-7-2-1-3-8-16/h1-12,20H,13-15H2,(H,23,25)/t20-/m0/s1. The first-order valence-corrected chi connectivity index (χ1v) is 8.95.